The van der Waals surface area contributed by atoms with Gasteiger partial charge in [0.1, 0.15) is 0 Å². The molecular weight excluding hydrogens is 300 g/mol. The second-order valence-corrected chi connectivity index (χ2v) is 6.80. The number of halogens is 1. The van der Waals surface area contributed by atoms with Crippen molar-refractivity contribution in [1.29, 1.82) is 0 Å². The van der Waals surface area contributed by atoms with Gasteiger partial charge in [-0.3, -0.25) is 0 Å². The van der Waals surface area contributed by atoms with Crippen LogP contribution < -0.4 is 0 Å². The van der Waals surface area contributed by atoms with E-state index in [2.05, 4.69) is 39.7 Å². The van der Waals surface area contributed by atoms with E-state index in [1.807, 2.05) is 0 Å². The lowest BCUT2D eigenvalue weighted by Crippen LogP contribution is -2.51. The predicted molar refractivity (Wildman–Crippen MR) is 89.3 cm³/mol. The smallest absolute Gasteiger partial charge is 0.0218 e. The van der Waals surface area contributed by atoms with Gasteiger partial charge in [0, 0.05) is 31.0 Å². The third-order valence-electron chi connectivity index (χ3n) is 4.44. The maximum Gasteiger partial charge on any atom is 0.0218 e. The average Bonchev–Trinajstić information content (AvgIpc) is 2.43. The highest BCUT2D eigenvalue weighted by Gasteiger charge is 2.21. The van der Waals surface area contributed by atoms with Crippen LogP contribution in [0.4, 0.5) is 0 Å². The molecule has 0 spiro atoms. The molecule has 0 radical (unpaired) electrons. The Labute approximate surface area is 129 Å². The Morgan fingerprint density at radius 2 is 1.58 bits per heavy atom. The largest absolute Gasteiger partial charge is 0.301 e. The van der Waals surface area contributed by atoms with Gasteiger partial charge >= 0.3 is 0 Å². The predicted octanol–water partition coefficient (Wildman–Crippen LogP) is 4.14. The summed E-state index contributed by atoms with van der Waals surface area (Å²) in [4.78, 5) is 5.21. The molecule has 0 aromatic carbocycles. The molecule has 0 N–H and O–H groups in total. The van der Waals surface area contributed by atoms with Crippen molar-refractivity contribution in [2.24, 2.45) is 0 Å². The molecular formula is C16H33BrN2. The zero-order chi connectivity index (χ0) is 13.9. The molecule has 2 nitrogen and oxygen atoms in total. The fourth-order valence-electron chi connectivity index (χ4n) is 2.97. The SMILES string of the molecule is CCC1CN(CCCCCCCCCBr)CCN1C. The molecule has 114 valence electrons. The van der Waals surface area contributed by atoms with E-state index in [9.17, 15) is 0 Å². The van der Waals surface area contributed by atoms with Crippen LogP contribution in [0.15, 0.2) is 0 Å². The Hall–Kier alpha value is 0.400. The first-order chi connectivity index (χ1) is 9.27. The minimum absolute atomic E-state index is 0.790. The molecule has 0 amide bonds. The van der Waals surface area contributed by atoms with E-state index in [-0.39, 0.29) is 0 Å². The number of likely N-dealkylation sites (N-methyl/N-ethyl adjacent to an activating group) is 1. The van der Waals surface area contributed by atoms with Crippen molar-refractivity contribution in [2.45, 2.75) is 64.3 Å². The van der Waals surface area contributed by atoms with E-state index in [0.717, 1.165) is 6.04 Å². The Morgan fingerprint density at radius 1 is 0.947 bits per heavy atom. The molecule has 0 aromatic rings. The normalized spacial score (nSPS) is 21.9. The summed E-state index contributed by atoms with van der Waals surface area (Å²) in [6, 6.07) is 0.790. The molecule has 1 saturated heterocycles. The molecule has 0 bridgehead atoms. The van der Waals surface area contributed by atoms with Crippen LogP contribution in [0, 0.1) is 0 Å². The summed E-state index contributed by atoms with van der Waals surface area (Å²) in [7, 11) is 2.28. The molecule has 0 aliphatic carbocycles. The maximum atomic E-state index is 3.49. The number of hydrogen-bond acceptors (Lipinski definition) is 2. The van der Waals surface area contributed by atoms with Crippen LogP contribution in [0.1, 0.15) is 58.3 Å². The second-order valence-electron chi connectivity index (χ2n) is 6.01. The van der Waals surface area contributed by atoms with Crippen molar-refractivity contribution in [3.63, 3.8) is 0 Å². The van der Waals surface area contributed by atoms with Gasteiger partial charge in [0.2, 0.25) is 0 Å². The van der Waals surface area contributed by atoms with E-state index in [1.54, 1.807) is 0 Å². The standard InChI is InChI=1S/C16H33BrN2/c1-3-16-15-19(14-13-18(16)2)12-10-8-6-4-5-7-9-11-17/h16H,3-15H2,1-2H3. The first-order valence-corrected chi connectivity index (χ1v) is 9.38. The van der Waals surface area contributed by atoms with Crippen LogP contribution in [-0.2, 0) is 0 Å². The molecule has 0 saturated carbocycles. The van der Waals surface area contributed by atoms with Crippen LogP contribution in [0.25, 0.3) is 0 Å². The molecule has 1 heterocycles. The first kappa shape index (κ1) is 17.5. The summed E-state index contributed by atoms with van der Waals surface area (Å²) in [6.45, 7) is 7.46. The van der Waals surface area contributed by atoms with E-state index in [0.29, 0.717) is 0 Å². The Bertz CT molecular complexity index is 211. The molecule has 1 aliphatic rings. The average molecular weight is 333 g/mol. The van der Waals surface area contributed by atoms with Crippen LogP contribution >= 0.6 is 15.9 Å². The Balaban J connectivity index is 1.95. The van der Waals surface area contributed by atoms with Crippen molar-refractivity contribution < 1.29 is 0 Å². The Morgan fingerprint density at radius 3 is 2.21 bits per heavy atom. The van der Waals surface area contributed by atoms with E-state index < -0.39 is 0 Å². The Kier molecular flexibility index (Phi) is 10.2. The summed E-state index contributed by atoms with van der Waals surface area (Å²) in [6.07, 6.45) is 11.2. The minimum atomic E-state index is 0.790. The van der Waals surface area contributed by atoms with Crippen LogP contribution in [-0.4, -0.2) is 54.4 Å². The summed E-state index contributed by atoms with van der Waals surface area (Å²) in [5.41, 5.74) is 0. The molecule has 1 aliphatic heterocycles. The molecule has 3 heteroatoms. The number of unbranched alkanes of at least 4 members (excludes halogenated alkanes) is 6. The lowest BCUT2D eigenvalue weighted by molar-refractivity contribution is 0.0919. The summed E-state index contributed by atoms with van der Waals surface area (Å²) in [5.74, 6) is 0. The van der Waals surface area contributed by atoms with E-state index >= 15 is 0 Å². The van der Waals surface area contributed by atoms with Gasteiger partial charge in [-0.25, -0.2) is 0 Å². The number of alkyl halides is 1. The molecule has 19 heavy (non-hydrogen) atoms. The summed E-state index contributed by atoms with van der Waals surface area (Å²) >= 11 is 3.49. The molecule has 1 atom stereocenters. The number of piperazine rings is 1. The van der Waals surface area contributed by atoms with Gasteiger partial charge < -0.3 is 9.80 Å². The lowest BCUT2D eigenvalue weighted by atomic mass is 10.1. The van der Waals surface area contributed by atoms with Gasteiger partial charge in [0.05, 0.1) is 0 Å². The first-order valence-electron chi connectivity index (χ1n) is 8.26. The topological polar surface area (TPSA) is 6.48 Å². The molecule has 1 unspecified atom stereocenters. The summed E-state index contributed by atoms with van der Waals surface area (Å²) < 4.78 is 0. The van der Waals surface area contributed by atoms with Crippen molar-refractivity contribution in [1.82, 2.24) is 9.80 Å². The molecule has 0 aromatic heterocycles. The highest BCUT2D eigenvalue weighted by molar-refractivity contribution is 9.09. The monoisotopic (exact) mass is 332 g/mol. The zero-order valence-electron chi connectivity index (χ0n) is 13.0. The van der Waals surface area contributed by atoms with Gasteiger partial charge in [0.25, 0.3) is 0 Å². The third-order valence-corrected chi connectivity index (χ3v) is 5.00. The molecule has 1 rings (SSSR count). The van der Waals surface area contributed by atoms with Crippen molar-refractivity contribution >= 4 is 15.9 Å². The summed E-state index contributed by atoms with van der Waals surface area (Å²) in [5, 5.41) is 1.18. The third kappa shape index (κ3) is 7.67. The van der Waals surface area contributed by atoms with Crippen LogP contribution in [0.5, 0.6) is 0 Å². The van der Waals surface area contributed by atoms with Crippen molar-refractivity contribution in [3.8, 4) is 0 Å². The van der Waals surface area contributed by atoms with E-state index in [4.69, 9.17) is 0 Å². The second kappa shape index (κ2) is 11.1. The highest BCUT2D eigenvalue weighted by Crippen LogP contribution is 2.13. The number of rotatable bonds is 10. The number of hydrogen-bond donors (Lipinski definition) is 0. The maximum absolute atomic E-state index is 3.49. The number of nitrogens with zero attached hydrogens (tertiary/aromatic N) is 2. The highest BCUT2D eigenvalue weighted by atomic mass is 79.9. The van der Waals surface area contributed by atoms with E-state index in [1.165, 1.54) is 82.9 Å². The van der Waals surface area contributed by atoms with Crippen LogP contribution in [0.2, 0.25) is 0 Å². The van der Waals surface area contributed by atoms with Gasteiger partial charge in [-0.2, -0.15) is 0 Å². The fraction of sp³-hybridized carbons (Fsp3) is 1.00. The van der Waals surface area contributed by atoms with Crippen molar-refractivity contribution in [3.05, 3.63) is 0 Å². The minimum Gasteiger partial charge on any atom is -0.301 e. The van der Waals surface area contributed by atoms with Gasteiger partial charge in [-0.1, -0.05) is 55.0 Å². The lowest BCUT2D eigenvalue weighted by Gasteiger charge is -2.39. The quantitative estimate of drug-likeness (QED) is 0.438. The van der Waals surface area contributed by atoms with Gasteiger partial charge in [-0.05, 0) is 32.9 Å². The van der Waals surface area contributed by atoms with Gasteiger partial charge in [-0.15, -0.1) is 0 Å². The van der Waals surface area contributed by atoms with Crippen molar-refractivity contribution in [2.75, 3.05) is 38.6 Å². The van der Waals surface area contributed by atoms with Gasteiger partial charge in [0.15, 0.2) is 0 Å². The molecule has 1 fully saturated rings. The fourth-order valence-corrected chi connectivity index (χ4v) is 3.36. The van der Waals surface area contributed by atoms with Crippen LogP contribution in [0.3, 0.4) is 0 Å². The zero-order valence-corrected chi connectivity index (χ0v) is 14.6.